The smallest absolute Gasteiger partial charge is 0.330 e. The molecule has 0 bridgehead atoms. The molecule has 0 spiro atoms. The molecule has 0 aliphatic heterocycles. The van der Waals surface area contributed by atoms with Gasteiger partial charge in [-0.15, -0.1) is 0 Å². The number of halogens is 2. The molecular formula is C29H40F2O4. The molecule has 1 unspecified atom stereocenters. The molecule has 0 N–H and O–H groups in total. The van der Waals surface area contributed by atoms with Gasteiger partial charge in [0.2, 0.25) is 0 Å². The number of methoxy groups -OCH3 is 1. The topological polar surface area (TPSA) is 52.6 Å². The summed E-state index contributed by atoms with van der Waals surface area (Å²) in [5, 5.41) is 0. The van der Waals surface area contributed by atoms with E-state index in [2.05, 4.69) is 30.2 Å². The second kappa shape index (κ2) is 17.4. The molecule has 0 radical (unpaired) electrons. The largest absolute Gasteiger partial charge is 0.466 e. The van der Waals surface area contributed by atoms with Gasteiger partial charge in [-0.25, -0.2) is 18.4 Å². The Kier molecular flexibility index (Phi) is 15.9. The van der Waals surface area contributed by atoms with E-state index >= 15 is 0 Å². The van der Waals surface area contributed by atoms with Gasteiger partial charge in [0.15, 0.2) is 0 Å². The van der Waals surface area contributed by atoms with Crippen molar-refractivity contribution in [1.29, 1.82) is 0 Å². The standard InChI is InChI=1S/C20H24F2.C7H10O4.C2H6/c1-4-8-15(5-2)20(3,16-9-6-11-18(21)13-16)17-10-7-12-19(22)14-17;1-3-11-7(9)5-4-6(8)10-2;1-2/h6-7,9-15H,4-5,8H2,1-3H3;4-5H,3H2,1-2H3;1-2H3/b;5-4-;. The summed E-state index contributed by atoms with van der Waals surface area (Å²) in [6.45, 7) is 12.4. The summed E-state index contributed by atoms with van der Waals surface area (Å²) in [7, 11) is 1.23. The second-order valence-electron chi connectivity index (χ2n) is 7.73. The van der Waals surface area contributed by atoms with Crippen LogP contribution in [0.4, 0.5) is 8.78 Å². The molecule has 35 heavy (non-hydrogen) atoms. The van der Waals surface area contributed by atoms with Crippen LogP contribution >= 0.6 is 0 Å². The van der Waals surface area contributed by atoms with Crippen molar-refractivity contribution in [3.8, 4) is 0 Å². The van der Waals surface area contributed by atoms with Crippen LogP contribution in [0.3, 0.4) is 0 Å². The Bertz CT molecular complexity index is 879. The Morgan fingerprint density at radius 2 is 1.40 bits per heavy atom. The van der Waals surface area contributed by atoms with Crippen LogP contribution < -0.4 is 0 Å². The highest BCUT2D eigenvalue weighted by Gasteiger charge is 2.36. The lowest BCUT2D eigenvalue weighted by Crippen LogP contribution is -2.33. The van der Waals surface area contributed by atoms with E-state index in [-0.39, 0.29) is 11.6 Å². The second-order valence-corrected chi connectivity index (χ2v) is 7.73. The van der Waals surface area contributed by atoms with Crippen molar-refractivity contribution in [3.05, 3.63) is 83.4 Å². The van der Waals surface area contributed by atoms with Crippen LogP contribution in [-0.4, -0.2) is 25.7 Å². The third-order valence-corrected chi connectivity index (χ3v) is 5.64. The summed E-state index contributed by atoms with van der Waals surface area (Å²) in [6, 6.07) is 13.5. The van der Waals surface area contributed by atoms with Crippen molar-refractivity contribution in [2.75, 3.05) is 13.7 Å². The third-order valence-electron chi connectivity index (χ3n) is 5.64. The summed E-state index contributed by atoms with van der Waals surface area (Å²) in [5.74, 6) is -1.27. The van der Waals surface area contributed by atoms with Crippen molar-refractivity contribution in [1.82, 2.24) is 0 Å². The first-order chi connectivity index (χ1) is 16.7. The zero-order valence-electron chi connectivity index (χ0n) is 22.1. The fourth-order valence-electron chi connectivity index (χ4n) is 3.91. The Morgan fingerprint density at radius 3 is 1.77 bits per heavy atom. The van der Waals surface area contributed by atoms with Crippen molar-refractivity contribution in [2.24, 2.45) is 5.92 Å². The van der Waals surface area contributed by atoms with Crippen LogP contribution in [-0.2, 0) is 24.5 Å². The molecule has 2 aromatic carbocycles. The summed E-state index contributed by atoms with van der Waals surface area (Å²) >= 11 is 0. The summed E-state index contributed by atoms with van der Waals surface area (Å²) in [4.78, 5) is 21.0. The molecule has 0 fully saturated rings. The van der Waals surface area contributed by atoms with Crippen molar-refractivity contribution in [3.63, 3.8) is 0 Å². The normalized spacial score (nSPS) is 11.5. The van der Waals surface area contributed by atoms with Gasteiger partial charge >= 0.3 is 11.9 Å². The quantitative estimate of drug-likeness (QED) is 0.271. The van der Waals surface area contributed by atoms with Crippen LogP contribution in [0.5, 0.6) is 0 Å². The molecule has 2 rings (SSSR count). The number of ether oxygens (including phenoxy) is 2. The van der Waals surface area contributed by atoms with Crippen LogP contribution in [0, 0.1) is 17.6 Å². The lowest BCUT2D eigenvalue weighted by atomic mass is 9.65. The predicted molar refractivity (Wildman–Crippen MR) is 137 cm³/mol. The zero-order chi connectivity index (χ0) is 26.9. The van der Waals surface area contributed by atoms with Crippen LogP contribution in [0.2, 0.25) is 0 Å². The maximum atomic E-state index is 13.8. The summed E-state index contributed by atoms with van der Waals surface area (Å²) in [6.07, 6.45) is 5.09. The highest BCUT2D eigenvalue weighted by Crippen LogP contribution is 2.43. The molecule has 0 amide bonds. The van der Waals surface area contributed by atoms with Gasteiger partial charge in [0.05, 0.1) is 13.7 Å². The third kappa shape index (κ3) is 10.4. The van der Waals surface area contributed by atoms with Crippen LogP contribution in [0.15, 0.2) is 60.7 Å². The van der Waals surface area contributed by atoms with Gasteiger partial charge < -0.3 is 9.47 Å². The SMILES string of the molecule is CC.CCCC(CC)C(C)(c1cccc(F)c1)c1cccc(F)c1.CCOC(=O)/C=C\C(=O)OC. The molecule has 0 aliphatic rings. The van der Waals surface area contributed by atoms with Crippen LogP contribution in [0.25, 0.3) is 0 Å². The number of benzene rings is 2. The van der Waals surface area contributed by atoms with E-state index in [1.165, 1.54) is 19.2 Å². The average Bonchev–Trinajstić information content (AvgIpc) is 2.87. The van der Waals surface area contributed by atoms with E-state index in [1.54, 1.807) is 31.2 Å². The number of carbonyl (C=O) groups excluding carboxylic acids is 2. The lowest BCUT2D eigenvalue weighted by Gasteiger charge is -2.39. The molecule has 0 saturated heterocycles. The number of hydrogen-bond donors (Lipinski definition) is 0. The fourth-order valence-corrected chi connectivity index (χ4v) is 3.91. The van der Waals surface area contributed by atoms with Crippen molar-refractivity contribution < 1.29 is 27.8 Å². The van der Waals surface area contributed by atoms with Gasteiger partial charge in [0.1, 0.15) is 11.6 Å². The molecule has 0 aliphatic carbocycles. The Morgan fingerprint density at radius 1 is 0.914 bits per heavy atom. The van der Waals surface area contributed by atoms with E-state index in [4.69, 9.17) is 0 Å². The fraction of sp³-hybridized carbons (Fsp3) is 0.448. The minimum Gasteiger partial charge on any atom is -0.466 e. The molecule has 0 aromatic heterocycles. The number of rotatable bonds is 9. The first-order valence-corrected chi connectivity index (χ1v) is 12.2. The lowest BCUT2D eigenvalue weighted by molar-refractivity contribution is -0.139. The Balaban J connectivity index is 0.000000754. The molecular weight excluding hydrogens is 450 g/mol. The monoisotopic (exact) mass is 490 g/mol. The van der Waals surface area contributed by atoms with Crippen molar-refractivity contribution in [2.45, 2.75) is 66.2 Å². The first-order valence-electron chi connectivity index (χ1n) is 12.2. The molecule has 0 heterocycles. The van der Waals surface area contributed by atoms with E-state index < -0.39 is 17.4 Å². The minimum absolute atomic E-state index is 0.244. The molecule has 2 aromatic rings. The summed E-state index contributed by atoms with van der Waals surface area (Å²) in [5.41, 5.74) is 1.44. The molecule has 6 heteroatoms. The van der Waals surface area contributed by atoms with Gasteiger partial charge in [-0.05, 0) is 54.7 Å². The Hall–Kier alpha value is -3.02. The van der Waals surface area contributed by atoms with E-state index in [1.807, 2.05) is 26.0 Å². The predicted octanol–water partition coefficient (Wildman–Crippen LogP) is 7.40. The van der Waals surface area contributed by atoms with E-state index in [0.29, 0.717) is 12.5 Å². The highest BCUT2D eigenvalue weighted by molar-refractivity contribution is 5.91. The van der Waals surface area contributed by atoms with Gasteiger partial charge in [-0.3, -0.25) is 0 Å². The van der Waals surface area contributed by atoms with Gasteiger partial charge in [0, 0.05) is 17.6 Å². The van der Waals surface area contributed by atoms with E-state index in [9.17, 15) is 18.4 Å². The minimum atomic E-state index is -0.571. The van der Waals surface area contributed by atoms with E-state index in [0.717, 1.165) is 42.5 Å². The maximum absolute atomic E-state index is 13.8. The highest BCUT2D eigenvalue weighted by atomic mass is 19.1. The van der Waals surface area contributed by atoms with Gasteiger partial charge in [0.25, 0.3) is 0 Å². The van der Waals surface area contributed by atoms with Crippen LogP contribution in [0.1, 0.15) is 71.9 Å². The summed E-state index contributed by atoms with van der Waals surface area (Å²) < 4.78 is 36.3. The average molecular weight is 491 g/mol. The van der Waals surface area contributed by atoms with Gasteiger partial charge in [-0.2, -0.15) is 0 Å². The molecule has 4 nitrogen and oxygen atoms in total. The Labute approximate surface area is 209 Å². The molecule has 1 atom stereocenters. The number of carbonyl (C=O) groups is 2. The van der Waals surface area contributed by atoms with Crippen molar-refractivity contribution >= 4 is 11.9 Å². The number of esters is 2. The number of hydrogen-bond acceptors (Lipinski definition) is 4. The molecule has 0 saturated carbocycles. The maximum Gasteiger partial charge on any atom is 0.330 e. The zero-order valence-corrected chi connectivity index (χ0v) is 22.1. The first kappa shape index (κ1) is 32.0. The van der Waals surface area contributed by atoms with Gasteiger partial charge in [-0.1, -0.05) is 71.7 Å². The molecule has 194 valence electrons.